The van der Waals surface area contributed by atoms with Crippen LogP contribution >= 0.6 is 0 Å². The van der Waals surface area contributed by atoms with Gasteiger partial charge in [0.25, 0.3) is 5.91 Å². The van der Waals surface area contributed by atoms with Crippen molar-refractivity contribution in [1.29, 1.82) is 0 Å². The molecule has 0 aromatic heterocycles. The van der Waals surface area contributed by atoms with Crippen LogP contribution in [-0.4, -0.2) is 59.7 Å². The van der Waals surface area contributed by atoms with Gasteiger partial charge >= 0.3 is 0 Å². The molecule has 5 rings (SSSR count). The van der Waals surface area contributed by atoms with E-state index in [0.717, 1.165) is 30.8 Å². The van der Waals surface area contributed by atoms with Crippen LogP contribution in [0.25, 0.3) is 0 Å². The Morgan fingerprint density at radius 3 is 2.59 bits per heavy atom. The standard InChI is InChI=1S/C26H25FN4O3/c1-2-17-5-3-4-6-18(17)15-29-9-11-30(12-10-29)23-13-19-16-31(26(34)20(19)14-21(23)27)22-7-8-24(32)28-25(22)33/h1,3-6,13-14,22H,7-12,15-16H2,(H,28,32,33). The van der Waals surface area contributed by atoms with E-state index in [0.29, 0.717) is 24.3 Å². The maximum absolute atomic E-state index is 15.1. The molecule has 174 valence electrons. The summed E-state index contributed by atoms with van der Waals surface area (Å²) >= 11 is 0. The third kappa shape index (κ3) is 4.03. The molecule has 1 N–H and O–H groups in total. The summed E-state index contributed by atoms with van der Waals surface area (Å²) < 4.78 is 15.1. The molecule has 0 bridgehead atoms. The fraction of sp³-hybridized carbons (Fsp3) is 0.346. The molecule has 0 spiro atoms. The fourth-order valence-electron chi connectivity index (χ4n) is 5.01. The average molecular weight is 461 g/mol. The number of benzene rings is 2. The number of anilines is 1. The molecule has 3 heterocycles. The lowest BCUT2D eigenvalue weighted by Crippen LogP contribution is -2.52. The van der Waals surface area contributed by atoms with Crippen LogP contribution in [-0.2, 0) is 22.7 Å². The number of hydrogen-bond acceptors (Lipinski definition) is 5. The first-order chi connectivity index (χ1) is 16.4. The first-order valence-corrected chi connectivity index (χ1v) is 11.4. The van der Waals surface area contributed by atoms with E-state index in [1.54, 1.807) is 6.07 Å². The van der Waals surface area contributed by atoms with Crippen LogP contribution in [0.5, 0.6) is 0 Å². The van der Waals surface area contributed by atoms with Gasteiger partial charge in [-0.3, -0.25) is 24.6 Å². The maximum Gasteiger partial charge on any atom is 0.255 e. The van der Waals surface area contributed by atoms with Crippen molar-refractivity contribution in [3.8, 4) is 12.3 Å². The van der Waals surface area contributed by atoms with Gasteiger partial charge in [-0.25, -0.2) is 4.39 Å². The lowest BCUT2D eigenvalue weighted by Gasteiger charge is -2.36. The molecule has 8 heteroatoms. The van der Waals surface area contributed by atoms with Crippen LogP contribution in [0.15, 0.2) is 36.4 Å². The Labute approximate surface area is 197 Å². The van der Waals surface area contributed by atoms with E-state index in [9.17, 15) is 14.4 Å². The van der Waals surface area contributed by atoms with Gasteiger partial charge in [0.05, 0.1) is 5.69 Å². The van der Waals surface area contributed by atoms with Crippen molar-refractivity contribution in [2.24, 2.45) is 0 Å². The maximum atomic E-state index is 15.1. The van der Waals surface area contributed by atoms with Crippen molar-refractivity contribution in [3.63, 3.8) is 0 Å². The van der Waals surface area contributed by atoms with Crippen LogP contribution in [0.4, 0.5) is 10.1 Å². The first kappa shape index (κ1) is 22.1. The zero-order chi connectivity index (χ0) is 23.8. The SMILES string of the molecule is C#Cc1ccccc1CN1CCN(c2cc3c(cc2F)C(=O)N(C2CCC(=O)NC2=O)C3)CC1. The Morgan fingerprint density at radius 2 is 1.85 bits per heavy atom. The van der Waals surface area contributed by atoms with Crippen LogP contribution in [0.2, 0.25) is 0 Å². The third-order valence-electron chi connectivity index (χ3n) is 6.87. The van der Waals surface area contributed by atoms with Gasteiger partial charge in [-0.15, -0.1) is 6.42 Å². The molecule has 0 saturated carbocycles. The Hall–Kier alpha value is -3.70. The van der Waals surface area contributed by atoms with Gasteiger partial charge in [0.15, 0.2) is 0 Å². The number of nitrogens with zero attached hydrogens (tertiary/aromatic N) is 3. The summed E-state index contributed by atoms with van der Waals surface area (Å²) in [5.74, 6) is 1.11. The Balaban J connectivity index is 1.27. The molecule has 1 atom stereocenters. The zero-order valence-electron chi connectivity index (χ0n) is 18.7. The van der Waals surface area contributed by atoms with E-state index < -0.39 is 17.8 Å². The topological polar surface area (TPSA) is 73.0 Å². The minimum absolute atomic E-state index is 0.187. The molecular formula is C26H25FN4O3. The number of piperidine rings is 1. The number of fused-ring (bicyclic) bond motifs is 1. The summed E-state index contributed by atoms with van der Waals surface area (Å²) in [4.78, 5) is 42.3. The van der Waals surface area contributed by atoms with Crippen LogP contribution in [0, 0.1) is 18.2 Å². The summed E-state index contributed by atoms with van der Waals surface area (Å²) in [5, 5.41) is 2.29. The number of amides is 3. The van der Waals surface area contributed by atoms with Crippen molar-refractivity contribution in [1.82, 2.24) is 15.1 Å². The van der Waals surface area contributed by atoms with Crippen molar-refractivity contribution in [2.75, 3.05) is 31.1 Å². The molecule has 34 heavy (non-hydrogen) atoms. The summed E-state index contributed by atoms with van der Waals surface area (Å²) in [6.07, 6.45) is 6.08. The van der Waals surface area contributed by atoms with Crippen LogP contribution in [0.3, 0.4) is 0 Å². The summed E-state index contributed by atoms with van der Waals surface area (Å²) in [6, 6.07) is 10.2. The summed E-state index contributed by atoms with van der Waals surface area (Å²) in [7, 11) is 0. The number of rotatable bonds is 4. The zero-order valence-corrected chi connectivity index (χ0v) is 18.7. The highest BCUT2D eigenvalue weighted by molar-refractivity contribution is 6.05. The molecule has 1 unspecified atom stereocenters. The van der Waals surface area contributed by atoms with E-state index in [2.05, 4.69) is 16.1 Å². The van der Waals surface area contributed by atoms with Crippen LogP contribution < -0.4 is 10.2 Å². The molecule has 7 nitrogen and oxygen atoms in total. The van der Waals surface area contributed by atoms with Gasteiger partial charge in [0, 0.05) is 56.8 Å². The van der Waals surface area contributed by atoms with Crippen molar-refractivity contribution in [3.05, 3.63) is 64.5 Å². The number of carbonyl (C=O) groups excluding carboxylic acids is 3. The van der Waals surface area contributed by atoms with E-state index >= 15 is 4.39 Å². The third-order valence-corrected chi connectivity index (χ3v) is 6.87. The minimum atomic E-state index is -0.710. The van der Waals surface area contributed by atoms with Gasteiger partial charge in [-0.1, -0.05) is 24.1 Å². The van der Waals surface area contributed by atoms with E-state index in [1.807, 2.05) is 29.2 Å². The lowest BCUT2D eigenvalue weighted by molar-refractivity contribution is -0.136. The monoisotopic (exact) mass is 460 g/mol. The number of halogens is 1. The number of piperazine rings is 1. The predicted octanol–water partition coefficient (Wildman–Crippen LogP) is 1.89. The van der Waals surface area contributed by atoms with Gasteiger partial charge in [0.1, 0.15) is 11.9 Å². The Bertz CT molecular complexity index is 1210. The van der Waals surface area contributed by atoms with Crippen LogP contribution in [0.1, 0.15) is 39.9 Å². The second-order valence-corrected chi connectivity index (χ2v) is 8.93. The fourth-order valence-corrected chi connectivity index (χ4v) is 5.01. The molecule has 2 fully saturated rings. The molecule has 0 radical (unpaired) electrons. The van der Waals surface area contributed by atoms with E-state index in [-0.39, 0.29) is 36.8 Å². The van der Waals surface area contributed by atoms with Gasteiger partial charge in [0.2, 0.25) is 11.8 Å². The Kier molecular flexibility index (Phi) is 5.80. The number of nitrogens with one attached hydrogen (secondary N) is 1. The number of hydrogen-bond donors (Lipinski definition) is 1. The molecule has 3 aliphatic rings. The number of carbonyl (C=O) groups is 3. The van der Waals surface area contributed by atoms with E-state index in [4.69, 9.17) is 6.42 Å². The Morgan fingerprint density at radius 1 is 1.09 bits per heavy atom. The molecule has 2 aromatic carbocycles. The summed E-state index contributed by atoms with van der Waals surface area (Å²) in [5.41, 5.74) is 3.46. The quantitative estimate of drug-likeness (QED) is 0.557. The lowest BCUT2D eigenvalue weighted by atomic mass is 10.0. The molecule has 3 aliphatic heterocycles. The highest BCUT2D eigenvalue weighted by Crippen LogP contribution is 2.33. The molecule has 2 aromatic rings. The summed E-state index contributed by atoms with van der Waals surface area (Å²) in [6.45, 7) is 3.80. The number of terminal acetylenes is 1. The van der Waals surface area contributed by atoms with Gasteiger partial charge in [-0.2, -0.15) is 0 Å². The first-order valence-electron chi connectivity index (χ1n) is 11.4. The highest BCUT2D eigenvalue weighted by atomic mass is 19.1. The predicted molar refractivity (Wildman–Crippen MR) is 124 cm³/mol. The molecular weight excluding hydrogens is 435 g/mol. The average Bonchev–Trinajstić information content (AvgIpc) is 3.14. The van der Waals surface area contributed by atoms with Crippen molar-refractivity contribution in [2.45, 2.75) is 32.0 Å². The van der Waals surface area contributed by atoms with Crippen molar-refractivity contribution < 1.29 is 18.8 Å². The second-order valence-electron chi connectivity index (χ2n) is 8.93. The second kappa shape index (κ2) is 8.92. The minimum Gasteiger partial charge on any atom is -0.367 e. The van der Waals surface area contributed by atoms with Gasteiger partial charge in [-0.05, 0) is 35.7 Å². The molecule has 0 aliphatic carbocycles. The molecule has 2 saturated heterocycles. The van der Waals surface area contributed by atoms with Gasteiger partial charge < -0.3 is 9.80 Å². The normalized spacial score (nSPS) is 20.8. The van der Waals surface area contributed by atoms with E-state index in [1.165, 1.54) is 11.0 Å². The highest BCUT2D eigenvalue weighted by Gasteiger charge is 2.40. The number of imide groups is 1. The molecule has 3 amide bonds. The van der Waals surface area contributed by atoms with Crippen molar-refractivity contribution >= 4 is 23.4 Å². The smallest absolute Gasteiger partial charge is 0.255 e. The largest absolute Gasteiger partial charge is 0.367 e.